The average Bonchev–Trinajstić information content (AvgIpc) is 3.07. The number of anilines is 1. The zero-order valence-corrected chi connectivity index (χ0v) is 15.2. The van der Waals surface area contributed by atoms with Crippen LogP contribution in [0.5, 0.6) is 0 Å². The van der Waals surface area contributed by atoms with Crippen LogP contribution in [0.3, 0.4) is 0 Å². The van der Waals surface area contributed by atoms with E-state index in [9.17, 15) is 14.9 Å². The Hall–Kier alpha value is -2.99. The highest BCUT2D eigenvalue weighted by Crippen LogP contribution is 2.28. The van der Waals surface area contributed by atoms with Gasteiger partial charge in [0, 0.05) is 23.1 Å². The first kappa shape index (κ1) is 19.3. The van der Waals surface area contributed by atoms with Crippen molar-refractivity contribution in [3.8, 4) is 17.3 Å². The van der Waals surface area contributed by atoms with Gasteiger partial charge in [-0.25, -0.2) is 4.98 Å². The van der Waals surface area contributed by atoms with Gasteiger partial charge in [-0.1, -0.05) is 26.0 Å². The Bertz CT molecular complexity index is 828. The van der Waals surface area contributed by atoms with Crippen molar-refractivity contribution in [3.05, 3.63) is 39.8 Å². The first-order valence-corrected chi connectivity index (χ1v) is 8.90. The Morgan fingerprint density at radius 2 is 2.23 bits per heavy atom. The van der Waals surface area contributed by atoms with E-state index >= 15 is 0 Å². The second-order valence-electron chi connectivity index (χ2n) is 6.05. The molecule has 0 fully saturated rings. The van der Waals surface area contributed by atoms with Gasteiger partial charge in [-0.15, -0.1) is 11.3 Å². The molecule has 0 aliphatic rings. The lowest BCUT2D eigenvalue weighted by Gasteiger charge is -2.18. The van der Waals surface area contributed by atoms with Crippen molar-refractivity contribution in [2.24, 2.45) is 5.92 Å². The highest BCUT2D eigenvalue weighted by Gasteiger charge is 2.21. The van der Waals surface area contributed by atoms with Crippen LogP contribution in [0.15, 0.2) is 29.6 Å². The summed E-state index contributed by atoms with van der Waals surface area (Å²) in [5.41, 5.74) is 1.23. The summed E-state index contributed by atoms with van der Waals surface area (Å²) in [5.74, 6) is 0.0175. The van der Waals surface area contributed by atoms with E-state index < -0.39 is 11.0 Å². The number of benzene rings is 1. The van der Waals surface area contributed by atoms with Crippen molar-refractivity contribution in [2.75, 3.05) is 11.9 Å². The lowest BCUT2D eigenvalue weighted by atomic mass is 10.0. The third-order valence-corrected chi connectivity index (χ3v) is 4.29. The highest BCUT2D eigenvalue weighted by atomic mass is 32.1. The number of nitriles is 1. The summed E-state index contributed by atoms with van der Waals surface area (Å²) in [7, 11) is 0. The van der Waals surface area contributed by atoms with Crippen LogP contribution in [0.4, 0.5) is 10.8 Å². The van der Waals surface area contributed by atoms with E-state index in [4.69, 9.17) is 5.26 Å². The predicted octanol–water partition coefficient (Wildman–Crippen LogP) is 3.18. The number of hydrogen-bond acceptors (Lipinski definition) is 7. The maximum absolute atomic E-state index is 12.2. The third-order valence-electron chi connectivity index (χ3n) is 3.52. The summed E-state index contributed by atoms with van der Waals surface area (Å²) in [6.45, 7) is 3.96. The number of amides is 1. The number of hydrogen-bond donors (Lipinski definition) is 2. The van der Waals surface area contributed by atoms with E-state index in [1.165, 1.54) is 23.5 Å². The van der Waals surface area contributed by atoms with Crippen molar-refractivity contribution in [1.29, 1.82) is 5.26 Å². The second kappa shape index (κ2) is 8.92. The summed E-state index contributed by atoms with van der Waals surface area (Å²) < 4.78 is 0. The van der Waals surface area contributed by atoms with Crippen LogP contribution in [0.25, 0.3) is 11.3 Å². The van der Waals surface area contributed by atoms with Crippen molar-refractivity contribution in [2.45, 2.75) is 26.3 Å². The number of nitrogens with one attached hydrogen (secondary N) is 2. The molecule has 136 valence electrons. The highest BCUT2D eigenvalue weighted by molar-refractivity contribution is 7.14. The number of nitro groups is 1. The smallest absolute Gasteiger partial charge is 0.270 e. The molecule has 0 saturated carbocycles. The van der Waals surface area contributed by atoms with Gasteiger partial charge in [-0.05, 0) is 12.3 Å². The van der Waals surface area contributed by atoms with Gasteiger partial charge in [-0.3, -0.25) is 14.9 Å². The molecule has 1 atom stereocenters. The maximum atomic E-state index is 12.2. The molecule has 2 rings (SSSR count). The molecule has 0 spiro atoms. The minimum atomic E-state index is -0.507. The maximum Gasteiger partial charge on any atom is 0.270 e. The van der Waals surface area contributed by atoms with Crippen LogP contribution in [-0.4, -0.2) is 28.4 Å². The Kier molecular flexibility index (Phi) is 6.63. The molecule has 8 nitrogen and oxygen atoms in total. The fourth-order valence-corrected chi connectivity index (χ4v) is 3.13. The quantitative estimate of drug-likeness (QED) is 0.416. The summed E-state index contributed by atoms with van der Waals surface area (Å²) >= 11 is 1.32. The van der Waals surface area contributed by atoms with Gasteiger partial charge >= 0.3 is 0 Å². The molecular formula is C17H19N5O3S. The molecule has 0 bridgehead atoms. The van der Waals surface area contributed by atoms with E-state index in [-0.39, 0.29) is 24.1 Å². The van der Waals surface area contributed by atoms with Gasteiger partial charge in [-0.2, -0.15) is 5.26 Å². The fourth-order valence-electron chi connectivity index (χ4n) is 2.35. The summed E-state index contributed by atoms with van der Waals surface area (Å²) in [4.78, 5) is 27.1. The van der Waals surface area contributed by atoms with Crippen LogP contribution >= 0.6 is 11.3 Å². The topological polar surface area (TPSA) is 121 Å². The number of carbonyl (C=O) groups is 1. The monoisotopic (exact) mass is 373 g/mol. The minimum Gasteiger partial charge on any atom is -0.350 e. The van der Waals surface area contributed by atoms with Crippen LogP contribution in [0, 0.1) is 27.4 Å². The van der Waals surface area contributed by atoms with Gasteiger partial charge < -0.3 is 10.6 Å². The van der Waals surface area contributed by atoms with E-state index in [0.717, 1.165) is 0 Å². The molecule has 0 saturated heterocycles. The SMILES string of the molecule is CC(C)CC(Nc1nc(-c2cccc([N+](=O)[O-])c2)cs1)C(=O)NCC#N. The fraction of sp³-hybridized carbons (Fsp3) is 0.353. The molecule has 9 heteroatoms. The molecule has 2 N–H and O–H groups in total. The van der Waals surface area contributed by atoms with E-state index in [1.807, 2.05) is 19.9 Å². The minimum absolute atomic E-state index is 0.00132. The summed E-state index contributed by atoms with van der Waals surface area (Å²) in [6.07, 6.45) is 0.586. The number of nitro benzene ring substituents is 1. The number of non-ortho nitro benzene ring substituents is 1. The molecule has 2 aromatic rings. The first-order chi connectivity index (χ1) is 12.4. The van der Waals surface area contributed by atoms with Gasteiger partial charge in [0.15, 0.2) is 5.13 Å². The Morgan fingerprint density at radius 1 is 1.46 bits per heavy atom. The van der Waals surface area contributed by atoms with E-state index in [1.54, 1.807) is 17.5 Å². The zero-order valence-electron chi connectivity index (χ0n) is 14.4. The third kappa shape index (κ3) is 5.26. The van der Waals surface area contributed by atoms with Gasteiger partial charge in [0.25, 0.3) is 5.69 Å². The summed E-state index contributed by atoms with van der Waals surface area (Å²) in [6, 6.07) is 7.62. The van der Waals surface area contributed by atoms with E-state index in [0.29, 0.717) is 22.8 Å². The lowest BCUT2D eigenvalue weighted by molar-refractivity contribution is -0.384. The van der Waals surface area contributed by atoms with Crippen molar-refractivity contribution in [3.63, 3.8) is 0 Å². The largest absolute Gasteiger partial charge is 0.350 e. The Labute approximate surface area is 155 Å². The van der Waals surface area contributed by atoms with E-state index in [2.05, 4.69) is 15.6 Å². The van der Waals surface area contributed by atoms with Crippen molar-refractivity contribution >= 4 is 28.1 Å². The van der Waals surface area contributed by atoms with Gasteiger partial charge in [0.1, 0.15) is 12.6 Å². The Morgan fingerprint density at radius 3 is 2.88 bits per heavy atom. The average molecular weight is 373 g/mol. The standard InChI is InChI=1S/C17H19N5O3S/c1-11(2)8-14(16(23)19-7-6-18)20-17-21-15(10-26-17)12-4-3-5-13(9-12)22(24)25/h3-5,9-11,14H,7-8H2,1-2H3,(H,19,23)(H,20,21). The zero-order chi connectivity index (χ0) is 19.1. The molecule has 1 heterocycles. The second-order valence-corrected chi connectivity index (χ2v) is 6.91. The van der Waals surface area contributed by atoms with Crippen LogP contribution in [-0.2, 0) is 4.79 Å². The Balaban J connectivity index is 2.16. The molecule has 0 aliphatic heterocycles. The normalized spacial score (nSPS) is 11.6. The number of nitrogens with zero attached hydrogens (tertiary/aromatic N) is 3. The van der Waals surface area contributed by atoms with Crippen molar-refractivity contribution in [1.82, 2.24) is 10.3 Å². The molecule has 0 radical (unpaired) electrons. The number of carbonyl (C=O) groups excluding carboxylic acids is 1. The number of aromatic nitrogens is 1. The molecule has 1 aromatic heterocycles. The van der Waals surface area contributed by atoms with Crippen LogP contribution < -0.4 is 10.6 Å². The molecule has 26 heavy (non-hydrogen) atoms. The molecule has 1 unspecified atom stereocenters. The summed E-state index contributed by atoms with van der Waals surface area (Å²) in [5, 5.41) is 27.5. The number of thiazole rings is 1. The lowest BCUT2D eigenvalue weighted by Crippen LogP contribution is -2.40. The van der Waals surface area contributed by atoms with Crippen LogP contribution in [0.2, 0.25) is 0 Å². The predicted molar refractivity (Wildman–Crippen MR) is 99.7 cm³/mol. The van der Waals surface area contributed by atoms with Crippen molar-refractivity contribution < 1.29 is 9.72 Å². The molecular weight excluding hydrogens is 354 g/mol. The van der Waals surface area contributed by atoms with Gasteiger partial charge in [0.05, 0.1) is 16.7 Å². The molecule has 1 aromatic carbocycles. The van der Waals surface area contributed by atoms with Crippen LogP contribution in [0.1, 0.15) is 20.3 Å². The van der Waals surface area contributed by atoms with Gasteiger partial charge in [0.2, 0.25) is 5.91 Å². The molecule has 1 amide bonds. The molecule has 0 aliphatic carbocycles. The first-order valence-electron chi connectivity index (χ1n) is 8.02. The number of rotatable bonds is 8.